The molecule has 1 aromatic carbocycles. The second-order valence-electron chi connectivity index (χ2n) is 4.85. The standard InChI is InChI=1S/C16H17BrN2O2/c17-16-13(7-4-8-19-16)21-15(12-5-2-1-3-6-12)14-11-18-9-10-20-14/h1-8,14-15,18H,9-11H2/t14?,15-/m0/s1. The average molecular weight is 349 g/mol. The first-order chi connectivity index (χ1) is 10.3. The monoisotopic (exact) mass is 348 g/mol. The van der Waals surface area contributed by atoms with Crippen LogP contribution < -0.4 is 10.1 Å². The summed E-state index contributed by atoms with van der Waals surface area (Å²) >= 11 is 3.43. The minimum Gasteiger partial charge on any atom is -0.480 e. The van der Waals surface area contributed by atoms with E-state index in [1.165, 1.54) is 0 Å². The lowest BCUT2D eigenvalue weighted by atomic mass is 10.0. The van der Waals surface area contributed by atoms with Gasteiger partial charge in [-0.05, 0) is 33.6 Å². The number of ether oxygens (including phenoxy) is 2. The van der Waals surface area contributed by atoms with Gasteiger partial charge in [0.15, 0.2) is 11.9 Å². The van der Waals surface area contributed by atoms with E-state index in [0.29, 0.717) is 11.2 Å². The summed E-state index contributed by atoms with van der Waals surface area (Å²) < 4.78 is 12.8. The van der Waals surface area contributed by atoms with Crippen molar-refractivity contribution in [3.63, 3.8) is 0 Å². The molecule has 2 heterocycles. The first-order valence-corrected chi connectivity index (χ1v) is 7.78. The van der Waals surface area contributed by atoms with Crippen molar-refractivity contribution in [3.8, 4) is 5.75 Å². The van der Waals surface area contributed by atoms with Gasteiger partial charge in [-0.15, -0.1) is 0 Å². The molecule has 3 rings (SSSR count). The van der Waals surface area contributed by atoms with Crippen LogP contribution in [0.25, 0.3) is 0 Å². The van der Waals surface area contributed by atoms with Gasteiger partial charge in [-0.3, -0.25) is 0 Å². The zero-order chi connectivity index (χ0) is 14.5. The Hall–Kier alpha value is -1.43. The third-order valence-electron chi connectivity index (χ3n) is 3.40. The molecule has 0 radical (unpaired) electrons. The van der Waals surface area contributed by atoms with Gasteiger partial charge in [-0.1, -0.05) is 30.3 Å². The van der Waals surface area contributed by atoms with E-state index in [4.69, 9.17) is 9.47 Å². The second kappa shape index (κ2) is 7.02. The smallest absolute Gasteiger partial charge is 0.153 e. The molecule has 1 aromatic heterocycles. The molecule has 5 heteroatoms. The minimum atomic E-state index is -0.167. The van der Waals surface area contributed by atoms with E-state index in [9.17, 15) is 0 Å². The van der Waals surface area contributed by atoms with E-state index in [1.807, 2.05) is 30.3 Å². The average Bonchev–Trinajstić information content (AvgIpc) is 2.56. The number of morpholine rings is 1. The van der Waals surface area contributed by atoms with E-state index >= 15 is 0 Å². The fourth-order valence-corrected chi connectivity index (χ4v) is 2.72. The Morgan fingerprint density at radius 2 is 2.10 bits per heavy atom. The molecule has 2 atom stereocenters. The highest BCUT2D eigenvalue weighted by atomic mass is 79.9. The summed E-state index contributed by atoms with van der Waals surface area (Å²) in [6.07, 6.45) is 1.54. The molecule has 110 valence electrons. The fourth-order valence-electron chi connectivity index (χ4n) is 2.38. The van der Waals surface area contributed by atoms with Crippen LogP contribution in [0.3, 0.4) is 0 Å². The number of nitrogens with one attached hydrogen (secondary N) is 1. The van der Waals surface area contributed by atoms with Gasteiger partial charge in [-0.2, -0.15) is 0 Å². The van der Waals surface area contributed by atoms with Crippen LogP contribution in [0.4, 0.5) is 0 Å². The van der Waals surface area contributed by atoms with Crippen LogP contribution in [0.15, 0.2) is 53.3 Å². The van der Waals surface area contributed by atoms with Crippen LogP contribution in [-0.2, 0) is 4.74 Å². The molecule has 4 nitrogen and oxygen atoms in total. The van der Waals surface area contributed by atoms with E-state index < -0.39 is 0 Å². The number of hydrogen-bond donors (Lipinski definition) is 1. The summed E-state index contributed by atoms with van der Waals surface area (Å²) in [6.45, 7) is 2.36. The maximum Gasteiger partial charge on any atom is 0.153 e. The minimum absolute atomic E-state index is 0.0201. The van der Waals surface area contributed by atoms with Crippen LogP contribution >= 0.6 is 15.9 Å². The zero-order valence-electron chi connectivity index (χ0n) is 11.5. The molecule has 1 N–H and O–H groups in total. The normalized spacial score (nSPS) is 20.0. The van der Waals surface area contributed by atoms with Gasteiger partial charge in [0.1, 0.15) is 10.7 Å². The molecule has 1 aliphatic rings. The summed E-state index contributed by atoms with van der Waals surface area (Å²) in [6, 6.07) is 13.9. The first kappa shape index (κ1) is 14.5. The van der Waals surface area contributed by atoms with E-state index in [-0.39, 0.29) is 12.2 Å². The zero-order valence-corrected chi connectivity index (χ0v) is 13.1. The number of halogens is 1. The highest BCUT2D eigenvalue weighted by Gasteiger charge is 2.28. The Labute approximate surface area is 132 Å². The van der Waals surface area contributed by atoms with Gasteiger partial charge < -0.3 is 14.8 Å². The number of nitrogens with zero attached hydrogens (tertiary/aromatic N) is 1. The number of hydrogen-bond acceptors (Lipinski definition) is 4. The van der Waals surface area contributed by atoms with Crippen LogP contribution in [0.5, 0.6) is 5.75 Å². The Bertz CT molecular complexity index is 573. The predicted octanol–water partition coefficient (Wildman–Crippen LogP) is 2.95. The number of benzene rings is 1. The fraction of sp³-hybridized carbons (Fsp3) is 0.312. The summed E-state index contributed by atoms with van der Waals surface area (Å²) in [5, 5.41) is 3.35. The first-order valence-electron chi connectivity index (χ1n) is 6.99. The molecule has 0 spiro atoms. The maximum absolute atomic E-state index is 6.20. The number of rotatable bonds is 4. The summed E-state index contributed by atoms with van der Waals surface area (Å²) in [7, 11) is 0. The molecule has 0 bridgehead atoms. The van der Waals surface area contributed by atoms with Gasteiger partial charge in [0.05, 0.1) is 6.61 Å². The summed E-state index contributed by atoms with van der Waals surface area (Å²) in [5.74, 6) is 0.723. The van der Waals surface area contributed by atoms with Crippen molar-refractivity contribution in [1.82, 2.24) is 10.3 Å². The van der Waals surface area contributed by atoms with Crippen molar-refractivity contribution in [2.75, 3.05) is 19.7 Å². The van der Waals surface area contributed by atoms with E-state index in [1.54, 1.807) is 6.20 Å². The molecule has 1 saturated heterocycles. The molecule has 0 aliphatic carbocycles. The van der Waals surface area contributed by atoms with Crippen LogP contribution in [-0.4, -0.2) is 30.8 Å². The lowest BCUT2D eigenvalue weighted by Gasteiger charge is -2.31. The topological polar surface area (TPSA) is 43.4 Å². The van der Waals surface area contributed by atoms with Gasteiger partial charge in [0.2, 0.25) is 0 Å². The van der Waals surface area contributed by atoms with Crippen LogP contribution in [0.1, 0.15) is 11.7 Å². The lowest BCUT2D eigenvalue weighted by Crippen LogP contribution is -2.43. The van der Waals surface area contributed by atoms with Crippen molar-refractivity contribution in [3.05, 3.63) is 58.8 Å². The van der Waals surface area contributed by atoms with Gasteiger partial charge in [0, 0.05) is 19.3 Å². The lowest BCUT2D eigenvalue weighted by molar-refractivity contribution is -0.0435. The Balaban J connectivity index is 1.87. The number of pyridine rings is 1. The van der Waals surface area contributed by atoms with E-state index in [2.05, 4.69) is 38.4 Å². The van der Waals surface area contributed by atoms with Gasteiger partial charge in [0.25, 0.3) is 0 Å². The summed E-state index contributed by atoms with van der Waals surface area (Å²) in [4.78, 5) is 4.21. The van der Waals surface area contributed by atoms with Crippen LogP contribution in [0.2, 0.25) is 0 Å². The Morgan fingerprint density at radius 3 is 2.81 bits per heavy atom. The highest BCUT2D eigenvalue weighted by molar-refractivity contribution is 9.10. The van der Waals surface area contributed by atoms with Crippen molar-refractivity contribution in [2.24, 2.45) is 0 Å². The van der Waals surface area contributed by atoms with Crippen molar-refractivity contribution in [1.29, 1.82) is 0 Å². The van der Waals surface area contributed by atoms with Gasteiger partial charge >= 0.3 is 0 Å². The third kappa shape index (κ3) is 3.61. The molecular weight excluding hydrogens is 332 g/mol. The second-order valence-corrected chi connectivity index (χ2v) is 5.61. The quantitative estimate of drug-likeness (QED) is 0.862. The third-order valence-corrected chi connectivity index (χ3v) is 4.00. The van der Waals surface area contributed by atoms with E-state index in [0.717, 1.165) is 24.4 Å². The highest BCUT2D eigenvalue weighted by Crippen LogP contribution is 2.30. The molecule has 21 heavy (non-hydrogen) atoms. The van der Waals surface area contributed by atoms with Gasteiger partial charge in [-0.25, -0.2) is 4.98 Å². The van der Waals surface area contributed by atoms with Crippen molar-refractivity contribution in [2.45, 2.75) is 12.2 Å². The van der Waals surface area contributed by atoms with Crippen LogP contribution in [0, 0.1) is 0 Å². The largest absolute Gasteiger partial charge is 0.480 e. The summed E-state index contributed by atoms with van der Waals surface area (Å²) in [5.41, 5.74) is 1.10. The molecule has 1 aliphatic heterocycles. The molecule has 1 fully saturated rings. The van der Waals surface area contributed by atoms with Crippen molar-refractivity contribution >= 4 is 15.9 Å². The maximum atomic E-state index is 6.20. The molecule has 0 saturated carbocycles. The molecule has 1 unspecified atom stereocenters. The Kier molecular flexibility index (Phi) is 4.85. The SMILES string of the molecule is Brc1ncccc1O[C@@H](c1ccccc1)C1CNCCO1. The molecular formula is C16H17BrN2O2. The predicted molar refractivity (Wildman–Crippen MR) is 84.4 cm³/mol. The Morgan fingerprint density at radius 1 is 1.24 bits per heavy atom. The molecule has 2 aromatic rings. The molecule has 0 amide bonds. The van der Waals surface area contributed by atoms with Crippen molar-refractivity contribution < 1.29 is 9.47 Å². The number of aromatic nitrogens is 1.